The third-order valence-corrected chi connectivity index (χ3v) is 7.62. The van der Waals surface area contributed by atoms with Gasteiger partial charge in [0.2, 0.25) is 17.7 Å². The van der Waals surface area contributed by atoms with Crippen molar-refractivity contribution in [2.75, 3.05) is 0 Å². The summed E-state index contributed by atoms with van der Waals surface area (Å²) in [6.45, 7) is 0.585. The minimum Gasteiger partial charge on any atom is -0.352 e. The highest BCUT2D eigenvalue weighted by atomic mass is 35.5. The Morgan fingerprint density at radius 2 is 1.52 bits per heavy atom. The van der Waals surface area contributed by atoms with E-state index in [1.807, 2.05) is 42.5 Å². The summed E-state index contributed by atoms with van der Waals surface area (Å²) in [5.74, 6) is -2.97. The van der Waals surface area contributed by atoms with Crippen LogP contribution in [0.5, 0.6) is 0 Å². The summed E-state index contributed by atoms with van der Waals surface area (Å²) in [7, 11) is 0. The van der Waals surface area contributed by atoms with Crippen molar-refractivity contribution < 1.29 is 28.8 Å². The highest BCUT2D eigenvalue weighted by Gasteiger charge is 2.44. The van der Waals surface area contributed by atoms with Crippen molar-refractivity contribution in [3.8, 4) is 0 Å². The highest BCUT2D eigenvalue weighted by molar-refractivity contribution is 6.31. The van der Waals surface area contributed by atoms with Gasteiger partial charge in [0.25, 0.3) is 17.7 Å². The Morgan fingerprint density at radius 3 is 2.21 bits per heavy atom. The van der Waals surface area contributed by atoms with E-state index in [4.69, 9.17) is 11.6 Å². The van der Waals surface area contributed by atoms with Crippen molar-refractivity contribution in [1.29, 1.82) is 0 Å². The van der Waals surface area contributed by atoms with Gasteiger partial charge in [-0.3, -0.25) is 39.0 Å². The molecule has 1 atom stereocenters. The third kappa shape index (κ3) is 6.23. The van der Waals surface area contributed by atoms with Gasteiger partial charge in [-0.25, -0.2) is 0 Å². The fraction of sp³-hybridized carbons (Fsp3) is 0.226. The van der Waals surface area contributed by atoms with Crippen LogP contribution in [-0.4, -0.2) is 46.4 Å². The molecular weight excluding hydrogens is 560 g/mol. The molecule has 0 radical (unpaired) electrons. The molecule has 3 aromatic rings. The first kappa shape index (κ1) is 28.7. The lowest BCUT2D eigenvalue weighted by Crippen LogP contribution is -2.54. The summed E-state index contributed by atoms with van der Waals surface area (Å²) in [6, 6.07) is 17.9. The van der Waals surface area contributed by atoms with Gasteiger partial charge in [0.15, 0.2) is 0 Å². The maximum absolute atomic E-state index is 13.0. The van der Waals surface area contributed by atoms with Crippen molar-refractivity contribution in [3.63, 3.8) is 0 Å². The predicted octanol–water partition coefficient (Wildman–Crippen LogP) is 2.92. The van der Waals surface area contributed by atoms with E-state index in [1.54, 1.807) is 6.07 Å². The predicted molar refractivity (Wildman–Crippen MR) is 152 cm³/mol. The molecule has 3 N–H and O–H groups in total. The molecule has 5 rings (SSSR count). The molecule has 0 aromatic heterocycles. The summed E-state index contributed by atoms with van der Waals surface area (Å²) in [5.41, 5.74) is 2.99. The maximum atomic E-state index is 13.0. The molecule has 0 saturated carbocycles. The maximum Gasteiger partial charge on any atom is 0.262 e. The number of amides is 6. The molecule has 0 spiro atoms. The minimum atomic E-state index is -1.07. The average Bonchev–Trinajstić information content (AvgIpc) is 3.23. The fourth-order valence-electron chi connectivity index (χ4n) is 4.91. The summed E-state index contributed by atoms with van der Waals surface area (Å²) in [5, 5.41) is 8.48. The Balaban J connectivity index is 1.12. The minimum absolute atomic E-state index is 0.0254. The number of nitrogens with one attached hydrogen (secondary N) is 3. The molecule has 6 amide bonds. The first-order valence-electron chi connectivity index (χ1n) is 13.4. The number of hydrogen-bond acceptors (Lipinski definition) is 6. The van der Waals surface area contributed by atoms with Gasteiger partial charge in [0.05, 0.1) is 11.1 Å². The second-order valence-electron chi connectivity index (χ2n) is 10.1. The van der Waals surface area contributed by atoms with Gasteiger partial charge in [-0.1, -0.05) is 54.1 Å². The quantitative estimate of drug-likeness (QED) is 0.329. The van der Waals surface area contributed by atoms with Crippen LogP contribution in [0.15, 0.2) is 66.7 Å². The zero-order chi connectivity index (χ0) is 29.8. The lowest BCUT2D eigenvalue weighted by Gasteiger charge is -2.27. The molecule has 2 aliphatic heterocycles. The van der Waals surface area contributed by atoms with E-state index >= 15 is 0 Å². The lowest BCUT2D eigenvalue weighted by atomic mass is 10.0. The van der Waals surface area contributed by atoms with Crippen LogP contribution in [0.2, 0.25) is 5.02 Å². The van der Waals surface area contributed by atoms with Gasteiger partial charge in [-0.2, -0.15) is 0 Å². The van der Waals surface area contributed by atoms with Crippen LogP contribution < -0.4 is 16.0 Å². The molecule has 2 heterocycles. The molecule has 42 heavy (non-hydrogen) atoms. The Hall–Kier alpha value is -4.83. The van der Waals surface area contributed by atoms with E-state index in [0.29, 0.717) is 24.4 Å². The van der Waals surface area contributed by atoms with E-state index in [1.165, 1.54) is 18.2 Å². The van der Waals surface area contributed by atoms with Crippen LogP contribution in [0.4, 0.5) is 0 Å². The summed E-state index contributed by atoms with van der Waals surface area (Å²) in [4.78, 5) is 75.5. The van der Waals surface area contributed by atoms with Crippen molar-refractivity contribution in [3.05, 3.63) is 105 Å². The lowest BCUT2D eigenvalue weighted by molar-refractivity contribution is -0.136. The molecule has 3 aromatic carbocycles. The van der Waals surface area contributed by atoms with Crippen LogP contribution in [0.1, 0.15) is 67.0 Å². The Bertz CT molecular complexity index is 1600. The fourth-order valence-corrected chi connectivity index (χ4v) is 5.14. The molecule has 0 aliphatic carbocycles. The largest absolute Gasteiger partial charge is 0.352 e. The van der Waals surface area contributed by atoms with Gasteiger partial charge < -0.3 is 10.6 Å². The van der Waals surface area contributed by atoms with E-state index in [0.717, 1.165) is 21.6 Å². The van der Waals surface area contributed by atoms with Crippen molar-refractivity contribution >= 4 is 47.0 Å². The number of benzene rings is 3. The number of aryl methyl sites for hydroxylation is 1. The van der Waals surface area contributed by atoms with Gasteiger partial charge in [-0.15, -0.1) is 0 Å². The van der Waals surface area contributed by atoms with E-state index < -0.39 is 35.6 Å². The molecule has 2 aliphatic rings. The van der Waals surface area contributed by atoms with Crippen molar-refractivity contribution in [2.45, 2.75) is 44.8 Å². The first-order chi connectivity index (χ1) is 20.2. The molecule has 1 unspecified atom stereocenters. The van der Waals surface area contributed by atoms with Crippen LogP contribution >= 0.6 is 11.6 Å². The topological polar surface area (TPSA) is 142 Å². The van der Waals surface area contributed by atoms with Crippen molar-refractivity contribution in [1.82, 2.24) is 20.9 Å². The number of piperidine rings is 1. The van der Waals surface area contributed by atoms with Crippen LogP contribution in [-0.2, 0) is 33.9 Å². The number of carbonyl (C=O) groups is 6. The SMILES string of the molecule is O=C(CCc1ccccc1Cl)NCc1ccc(CNC(=O)c2ccc3c(c2)C(=O)N(C2CCC(=O)NC2=O)C3=O)cc1. The Kier molecular flexibility index (Phi) is 8.44. The zero-order valence-corrected chi connectivity index (χ0v) is 23.2. The second kappa shape index (κ2) is 12.4. The smallest absolute Gasteiger partial charge is 0.262 e. The summed E-state index contributed by atoms with van der Waals surface area (Å²) in [6.07, 6.45) is 0.956. The molecule has 1 saturated heterocycles. The Labute approximate surface area is 246 Å². The molecule has 1 fully saturated rings. The zero-order valence-electron chi connectivity index (χ0n) is 22.4. The number of carbonyl (C=O) groups excluding carboxylic acids is 6. The first-order valence-corrected chi connectivity index (χ1v) is 13.8. The third-order valence-electron chi connectivity index (χ3n) is 7.25. The molecular formula is C31H27ClN4O6. The molecule has 0 bridgehead atoms. The van der Waals surface area contributed by atoms with Crippen LogP contribution in [0.3, 0.4) is 0 Å². The van der Waals surface area contributed by atoms with Crippen LogP contribution in [0.25, 0.3) is 0 Å². The van der Waals surface area contributed by atoms with E-state index in [-0.39, 0.29) is 42.0 Å². The standard InChI is InChI=1S/C31H27ClN4O6/c32-24-4-2-1-3-20(24)10-13-26(37)33-16-18-5-7-19(8-6-18)17-34-28(39)21-9-11-22-23(15-21)31(42)36(30(22)41)25-12-14-27(38)35-29(25)40/h1-9,11,15,25H,10,12-14,16-17H2,(H,33,37)(H,34,39)(H,35,38,40). The Morgan fingerprint density at radius 1 is 0.857 bits per heavy atom. The van der Waals surface area contributed by atoms with Gasteiger partial charge in [0, 0.05) is 36.5 Å². The summed E-state index contributed by atoms with van der Waals surface area (Å²) >= 11 is 6.14. The van der Waals surface area contributed by atoms with Crippen LogP contribution in [0, 0.1) is 0 Å². The number of halogens is 1. The monoisotopic (exact) mass is 586 g/mol. The highest BCUT2D eigenvalue weighted by Crippen LogP contribution is 2.28. The van der Waals surface area contributed by atoms with Gasteiger partial charge in [-0.05, 0) is 53.8 Å². The number of fused-ring (bicyclic) bond motifs is 1. The molecule has 10 nitrogen and oxygen atoms in total. The number of imide groups is 2. The van der Waals surface area contributed by atoms with Crippen molar-refractivity contribution in [2.24, 2.45) is 0 Å². The second-order valence-corrected chi connectivity index (χ2v) is 10.5. The van der Waals surface area contributed by atoms with E-state index in [2.05, 4.69) is 16.0 Å². The number of nitrogens with zero attached hydrogens (tertiary/aromatic N) is 1. The number of hydrogen-bond donors (Lipinski definition) is 3. The van der Waals surface area contributed by atoms with Gasteiger partial charge >= 0.3 is 0 Å². The van der Waals surface area contributed by atoms with Gasteiger partial charge in [0.1, 0.15) is 6.04 Å². The normalized spacial score (nSPS) is 16.2. The average molecular weight is 587 g/mol. The molecule has 214 valence electrons. The summed E-state index contributed by atoms with van der Waals surface area (Å²) < 4.78 is 0. The number of rotatable bonds is 9. The molecule has 11 heteroatoms. The van der Waals surface area contributed by atoms with E-state index in [9.17, 15) is 28.8 Å².